The Morgan fingerprint density at radius 2 is 1.83 bits per heavy atom. The molecule has 2 heterocycles. The zero-order valence-corrected chi connectivity index (χ0v) is 18.0. The van der Waals surface area contributed by atoms with Crippen molar-refractivity contribution in [2.75, 3.05) is 19.8 Å². The Morgan fingerprint density at radius 3 is 2.41 bits per heavy atom. The van der Waals surface area contributed by atoms with E-state index in [1.165, 1.54) is 20.9 Å². The fraction of sp³-hybridized carbons (Fsp3) is 0.583. The quantitative estimate of drug-likeness (QED) is 0.772. The summed E-state index contributed by atoms with van der Waals surface area (Å²) in [5.41, 5.74) is 2.24. The molecule has 1 unspecified atom stereocenters. The predicted octanol–water partition coefficient (Wildman–Crippen LogP) is 2.84. The minimum absolute atomic E-state index is 0.000181. The fourth-order valence-electron chi connectivity index (χ4n) is 5.20. The largest absolute Gasteiger partial charge is 0.329 e. The van der Waals surface area contributed by atoms with Crippen LogP contribution in [0.4, 0.5) is 4.79 Å². The lowest BCUT2D eigenvalue weighted by Gasteiger charge is -2.40. The molecule has 2 fully saturated rings. The summed E-state index contributed by atoms with van der Waals surface area (Å²) in [5, 5.41) is 3.07. The van der Waals surface area contributed by atoms with Crippen LogP contribution in [0.3, 0.4) is 0 Å². The SMILES string of the molecule is CC(C)(C)C1CCC2(CC1)NC(=O)N(C[NH+]1CC=C(c3ccccc3)CC1)C2=O. The molecule has 1 saturated heterocycles. The number of carbonyl (C=O) groups excluding carboxylic acids is 2. The molecular weight excluding hydrogens is 362 g/mol. The van der Waals surface area contributed by atoms with Crippen molar-refractivity contribution >= 4 is 17.5 Å². The number of hydrogen-bond acceptors (Lipinski definition) is 2. The number of imide groups is 1. The summed E-state index contributed by atoms with van der Waals surface area (Å²) in [6, 6.07) is 10.3. The number of amides is 3. The molecule has 0 bridgehead atoms. The summed E-state index contributed by atoms with van der Waals surface area (Å²) in [6.07, 6.45) is 6.78. The van der Waals surface area contributed by atoms with Gasteiger partial charge in [-0.25, -0.2) is 9.69 Å². The molecular formula is C24H34N3O2+. The van der Waals surface area contributed by atoms with E-state index in [0.717, 1.165) is 45.2 Å². The van der Waals surface area contributed by atoms with Crippen molar-refractivity contribution in [3.63, 3.8) is 0 Å². The summed E-state index contributed by atoms with van der Waals surface area (Å²) in [7, 11) is 0. The van der Waals surface area contributed by atoms with Crippen LogP contribution in [-0.4, -0.2) is 42.1 Å². The molecule has 3 aliphatic rings. The van der Waals surface area contributed by atoms with Gasteiger partial charge in [-0.1, -0.05) is 51.1 Å². The van der Waals surface area contributed by atoms with Crippen molar-refractivity contribution in [3.8, 4) is 0 Å². The molecule has 5 heteroatoms. The van der Waals surface area contributed by atoms with E-state index in [1.807, 2.05) is 6.07 Å². The van der Waals surface area contributed by atoms with Crippen LogP contribution in [-0.2, 0) is 4.79 Å². The smallest absolute Gasteiger partial charge is 0.323 e. The Bertz CT molecular complexity index is 801. The van der Waals surface area contributed by atoms with Crippen LogP contribution in [0.5, 0.6) is 0 Å². The second-order valence-corrected chi connectivity index (χ2v) is 10.1. The summed E-state index contributed by atoms with van der Waals surface area (Å²) < 4.78 is 0. The maximum Gasteiger partial charge on any atom is 0.329 e. The summed E-state index contributed by atoms with van der Waals surface area (Å²) in [6.45, 7) is 9.07. The number of carbonyl (C=O) groups is 2. The van der Waals surface area contributed by atoms with Crippen LogP contribution < -0.4 is 10.2 Å². The zero-order valence-electron chi connectivity index (χ0n) is 18.0. The predicted molar refractivity (Wildman–Crippen MR) is 114 cm³/mol. The molecule has 1 aromatic carbocycles. The molecule has 1 spiro atoms. The molecule has 2 aliphatic heterocycles. The molecule has 2 N–H and O–H groups in total. The Kier molecular flexibility index (Phi) is 5.28. The van der Waals surface area contributed by atoms with E-state index in [4.69, 9.17) is 0 Å². The normalized spacial score (nSPS) is 30.4. The van der Waals surface area contributed by atoms with Crippen molar-refractivity contribution in [2.24, 2.45) is 11.3 Å². The summed E-state index contributed by atoms with van der Waals surface area (Å²) in [4.78, 5) is 28.6. The fourth-order valence-corrected chi connectivity index (χ4v) is 5.20. The second kappa shape index (κ2) is 7.60. The first-order valence-electron chi connectivity index (χ1n) is 11.0. The Morgan fingerprint density at radius 1 is 1.14 bits per heavy atom. The van der Waals surface area contributed by atoms with Crippen LogP contribution in [0.25, 0.3) is 5.57 Å². The second-order valence-electron chi connectivity index (χ2n) is 10.1. The molecule has 156 valence electrons. The van der Waals surface area contributed by atoms with Crippen LogP contribution in [0.1, 0.15) is 58.4 Å². The highest BCUT2D eigenvalue weighted by Gasteiger charge is 2.54. The highest BCUT2D eigenvalue weighted by Crippen LogP contribution is 2.43. The molecule has 5 nitrogen and oxygen atoms in total. The zero-order chi connectivity index (χ0) is 20.6. The van der Waals surface area contributed by atoms with Gasteiger partial charge >= 0.3 is 6.03 Å². The van der Waals surface area contributed by atoms with Gasteiger partial charge < -0.3 is 10.2 Å². The summed E-state index contributed by atoms with van der Waals surface area (Å²) in [5.74, 6) is 0.612. The third-order valence-electron chi connectivity index (χ3n) is 7.22. The Hall–Kier alpha value is -2.14. The lowest BCUT2D eigenvalue weighted by Crippen LogP contribution is -3.14. The molecule has 3 amide bonds. The van der Waals surface area contributed by atoms with Crippen LogP contribution in [0.2, 0.25) is 0 Å². The highest BCUT2D eigenvalue weighted by atomic mass is 16.2. The van der Waals surface area contributed by atoms with Crippen LogP contribution in [0.15, 0.2) is 36.4 Å². The average molecular weight is 397 g/mol. The molecule has 0 aromatic heterocycles. The van der Waals surface area contributed by atoms with E-state index in [2.05, 4.69) is 56.4 Å². The summed E-state index contributed by atoms with van der Waals surface area (Å²) >= 11 is 0. The number of benzene rings is 1. The van der Waals surface area contributed by atoms with Crippen LogP contribution in [0, 0.1) is 11.3 Å². The van der Waals surface area contributed by atoms with Crippen LogP contribution >= 0.6 is 0 Å². The number of nitrogens with one attached hydrogen (secondary N) is 2. The van der Waals surface area contributed by atoms with Gasteiger partial charge in [0.15, 0.2) is 6.67 Å². The van der Waals surface area contributed by atoms with E-state index in [1.54, 1.807) is 0 Å². The van der Waals surface area contributed by atoms with E-state index in [0.29, 0.717) is 12.6 Å². The third kappa shape index (κ3) is 3.97. The molecule has 0 radical (unpaired) electrons. The maximum absolute atomic E-state index is 13.2. The first-order valence-corrected chi connectivity index (χ1v) is 11.0. The van der Waals surface area contributed by atoms with Crippen molar-refractivity contribution in [2.45, 2.75) is 58.4 Å². The van der Waals surface area contributed by atoms with Gasteiger partial charge in [-0.15, -0.1) is 0 Å². The third-order valence-corrected chi connectivity index (χ3v) is 7.22. The molecule has 1 saturated carbocycles. The van der Waals surface area contributed by atoms with Crippen molar-refractivity contribution in [1.82, 2.24) is 10.2 Å². The lowest BCUT2D eigenvalue weighted by molar-refractivity contribution is -0.902. The number of rotatable bonds is 3. The molecule has 29 heavy (non-hydrogen) atoms. The topological polar surface area (TPSA) is 53.9 Å². The van der Waals surface area contributed by atoms with Gasteiger partial charge in [0.25, 0.3) is 5.91 Å². The highest BCUT2D eigenvalue weighted by molar-refractivity contribution is 6.06. The minimum Gasteiger partial charge on any atom is -0.323 e. The maximum atomic E-state index is 13.2. The number of urea groups is 1. The number of hydrogen-bond donors (Lipinski definition) is 2. The lowest BCUT2D eigenvalue weighted by atomic mass is 9.67. The van der Waals surface area contributed by atoms with Gasteiger partial charge in [0, 0.05) is 6.42 Å². The van der Waals surface area contributed by atoms with Gasteiger partial charge in [-0.3, -0.25) is 4.79 Å². The average Bonchev–Trinajstić information content (AvgIpc) is 2.93. The van der Waals surface area contributed by atoms with Gasteiger partial charge in [-0.2, -0.15) is 0 Å². The molecule has 1 aromatic rings. The number of nitrogens with zero attached hydrogens (tertiary/aromatic N) is 1. The standard InChI is InChI=1S/C24H33N3O2/c1-23(2,3)20-9-13-24(14-10-20)21(28)27(22(29)25-24)17-26-15-11-19(12-16-26)18-7-5-4-6-8-18/h4-8,11,20H,9-10,12-17H2,1-3H3,(H,25,29)/p+1. The van der Waals surface area contributed by atoms with Crippen molar-refractivity contribution in [3.05, 3.63) is 42.0 Å². The molecule has 1 aliphatic carbocycles. The van der Waals surface area contributed by atoms with Gasteiger partial charge in [0.2, 0.25) is 0 Å². The van der Waals surface area contributed by atoms with Crippen molar-refractivity contribution in [1.29, 1.82) is 0 Å². The van der Waals surface area contributed by atoms with Gasteiger partial charge in [0.05, 0.1) is 13.1 Å². The monoisotopic (exact) mass is 396 g/mol. The first-order chi connectivity index (χ1) is 13.8. The van der Waals surface area contributed by atoms with E-state index in [-0.39, 0.29) is 17.4 Å². The first kappa shape index (κ1) is 20.1. The Labute approximate surface area is 174 Å². The van der Waals surface area contributed by atoms with E-state index >= 15 is 0 Å². The molecule has 4 rings (SSSR count). The van der Waals surface area contributed by atoms with Crippen molar-refractivity contribution < 1.29 is 14.5 Å². The van der Waals surface area contributed by atoms with Gasteiger partial charge in [0.1, 0.15) is 5.54 Å². The van der Waals surface area contributed by atoms with Gasteiger partial charge in [-0.05, 0) is 54.2 Å². The van der Waals surface area contributed by atoms with E-state index < -0.39 is 5.54 Å². The Balaban J connectivity index is 1.38. The number of quaternary nitrogens is 1. The van der Waals surface area contributed by atoms with E-state index in [9.17, 15) is 9.59 Å². The minimum atomic E-state index is -0.654. The molecule has 1 atom stereocenters.